The van der Waals surface area contributed by atoms with E-state index in [4.69, 9.17) is 9.84 Å². The van der Waals surface area contributed by atoms with Gasteiger partial charge in [-0.05, 0) is 20.8 Å². The van der Waals surface area contributed by atoms with E-state index < -0.39 is 23.8 Å². The molecule has 104 valence electrons. The fourth-order valence-corrected chi connectivity index (χ4v) is 1.59. The summed E-state index contributed by atoms with van der Waals surface area (Å²) >= 11 is 0. The van der Waals surface area contributed by atoms with Gasteiger partial charge in [-0.15, -0.1) is 13.2 Å². The first kappa shape index (κ1) is 16.7. The van der Waals surface area contributed by atoms with E-state index in [1.54, 1.807) is 20.8 Å². The van der Waals surface area contributed by atoms with Gasteiger partial charge in [-0.3, -0.25) is 4.90 Å². The van der Waals surface area contributed by atoms with Gasteiger partial charge in [0.1, 0.15) is 0 Å². The van der Waals surface area contributed by atoms with Gasteiger partial charge >= 0.3 is 6.09 Å². The van der Waals surface area contributed by atoms with E-state index in [0.717, 1.165) is 0 Å². The lowest BCUT2D eigenvalue weighted by atomic mass is 10.0. The zero-order valence-corrected chi connectivity index (χ0v) is 11.3. The molecule has 0 saturated carbocycles. The van der Waals surface area contributed by atoms with E-state index in [2.05, 4.69) is 13.2 Å². The van der Waals surface area contributed by atoms with Crippen molar-refractivity contribution in [2.75, 3.05) is 13.2 Å². The number of ether oxygens (including phenoxy) is 1. The van der Waals surface area contributed by atoms with E-state index in [0.29, 0.717) is 0 Å². The van der Waals surface area contributed by atoms with E-state index in [1.165, 1.54) is 17.1 Å². The lowest BCUT2D eigenvalue weighted by molar-refractivity contribution is -0.0000120. The van der Waals surface area contributed by atoms with Gasteiger partial charge in [0.25, 0.3) is 0 Å². The maximum Gasteiger partial charge on any atom is 0.408 e. The predicted octanol–water partition coefficient (Wildman–Crippen LogP) is 1.88. The molecule has 0 fully saturated rings. The Morgan fingerprint density at radius 1 is 1.39 bits per heavy atom. The Balaban J connectivity index is 4.77. The van der Waals surface area contributed by atoms with Crippen LogP contribution in [-0.2, 0) is 4.74 Å². The molecule has 0 aliphatic carbocycles. The lowest BCUT2D eigenvalue weighted by Crippen LogP contribution is -2.52. The standard InChI is InChI=1S/C13H23NO4/c1-6-10(9-18-11(7-2)8-15)14(12(16)17)13(3,4)5/h6-7,10-11,15H,1-2,8-9H2,3-5H3,(H,16,17)/t10-,11?/m1/s1. The van der Waals surface area contributed by atoms with Crippen LogP contribution in [0.1, 0.15) is 20.8 Å². The highest BCUT2D eigenvalue weighted by atomic mass is 16.5. The molecule has 5 nitrogen and oxygen atoms in total. The molecular formula is C13H23NO4. The summed E-state index contributed by atoms with van der Waals surface area (Å²) in [5, 5.41) is 18.2. The number of aliphatic hydroxyl groups excluding tert-OH is 1. The quantitative estimate of drug-likeness (QED) is 0.683. The molecule has 1 amide bonds. The lowest BCUT2D eigenvalue weighted by Gasteiger charge is -2.38. The smallest absolute Gasteiger partial charge is 0.408 e. The Morgan fingerprint density at radius 3 is 2.22 bits per heavy atom. The van der Waals surface area contributed by atoms with Crippen molar-refractivity contribution < 1.29 is 19.7 Å². The molecular weight excluding hydrogens is 234 g/mol. The second-order valence-corrected chi connectivity index (χ2v) is 4.92. The van der Waals surface area contributed by atoms with Crippen LogP contribution < -0.4 is 0 Å². The van der Waals surface area contributed by atoms with Crippen LogP contribution in [0, 0.1) is 0 Å². The molecule has 5 heteroatoms. The number of rotatable bonds is 7. The minimum absolute atomic E-state index is 0.129. The maximum atomic E-state index is 11.3. The van der Waals surface area contributed by atoms with Crippen LogP contribution in [0.15, 0.2) is 25.3 Å². The van der Waals surface area contributed by atoms with Crippen molar-refractivity contribution in [1.29, 1.82) is 0 Å². The van der Waals surface area contributed by atoms with Crippen LogP contribution in [0.3, 0.4) is 0 Å². The number of carboxylic acid groups (broad SMARTS) is 1. The molecule has 0 rings (SSSR count). The minimum Gasteiger partial charge on any atom is -0.465 e. The largest absolute Gasteiger partial charge is 0.465 e. The number of hydrogen-bond donors (Lipinski definition) is 2. The van der Waals surface area contributed by atoms with Crippen molar-refractivity contribution >= 4 is 6.09 Å². The van der Waals surface area contributed by atoms with E-state index in [9.17, 15) is 9.90 Å². The molecule has 0 aliphatic rings. The molecule has 0 aliphatic heterocycles. The van der Waals surface area contributed by atoms with Crippen molar-refractivity contribution in [2.24, 2.45) is 0 Å². The van der Waals surface area contributed by atoms with Crippen LogP contribution in [0.4, 0.5) is 4.79 Å². The van der Waals surface area contributed by atoms with Gasteiger partial charge in [0.05, 0.1) is 25.4 Å². The first-order valence-electron chi connectivity index (χ1n) is 5.77. The first-order valence-corrected chi connectivity index (χ1v) is 5.77. The highest BCUT2D eigenvalue weighted by Crippen LogP contribution is 2.18. The molecule has 1 unspecified atom stereocenters. The second-order valence-electron chi connectivity index (χ2n) is 4.92. The SMILES string of the molecule is C=CC(CO)OC[C@@H](C=C)N(C(=O)O)C(C)(C)C. The summed E-state index contributed by atoms with van der Waals surface area (Å²) in [6, 6.07) is -0.475. The monoisotopic (exact) mass is 257 g/mol. The Labute approximate surface area is 108 Å². The van der Waals surface area contributed by atoms with Crippen molar-refractivity contribution in [3.63, 3.8) is 0 Å². The average molecular weight is 257 g/mol. The molecule has 0 spiro atoms. The molecule has 0 aromatic carbocycles. The van der Waals surface area contributed by atoms with E-state index >= 15 is 0 Å². The Hall–Kier alpha value is -1.33. The summed E-state index contributed by atoms with van der Waals surface area (Å²) in [6.45, 7) is 12.5. The summed E-state index contributed by atoms with van der Waals surface area (Å²) in [5.41, 5.74) is -0.559. The topological polar surface area (TPSA) is 70.0 Å². The number of hydrogen-bond acceptors (Lipinski definition) is 3. The Kier molecular flexibility index (Phi) is 6.65. The number of amides is 1. The van der Waals surface area contributed by atoms with Gasteiger partial charge in [0.15, 0.2) is 0 Å². The van der Waals surface area contributed by atoms with Crippen LogP contribution >= 0.6 is 0 Å². The van der Waals surface area contributed by atoms with Crippen LogP contribution in [0.25, 0.3) is 0 Å². The third kappa shape index (κ3) is 4.89. The van der Waals surface area contributed by atoms with Crippen molar-refractivity contribution in [1.82, 2.24) is 4.90 Å². The highest BCUT2D eigenvalue weighted by molar-refractivity contribution is 5.66. The summed E-state index contributed by atoms with van der Waals surface area (Å²) < 4.78 is 5.38. The maximum absolute atomic E-state index is 11.3. The van der Waals surface area contributed by atoms with Crippen LogP contribution in [0.5, 0.6) is 0 Å². The fourth-order valence-electron chi connectivity index (χ4n) is 1.59. The molecule has 0 aromatic rings. The van der Waals surface area contributed by atoms with Crippen LogP contribution in [-0.4, -0.2) is 52.1 Å². The molecule has 2 atom stereocenters. The normalized spacial score (nSPS) is 14.7. The van der Waals surface area contributed by atoms with Crippen molar-refractivity contribution in [3.8, 4) is 0 Å². The van der Waals surface area contributed by atoms with Gasteiger partial charge < -0.3 is 14.9 Å². The first-order chi connectivity index (χ1) is 8.27. The van der Waals surface area contributed by atoms with Crippen molar-refractivity contribution in [3.05, 3.63) is 25.3 Å². The summed E-state index contributed by atoms with van der Waals surface area (Å²) in [6.07, 6.45) is 1.47. The van der Waals surface area contributed by atoms with Gasteiger partial charge in [-0.2, -0.15) is 0 Å². The zero-order valence-electron chi connectivity index (χ0n) is 11.3. The third-order valence-electron chi connectivity index (χ3n) is 2.46. The molecule has 0 aromatic heterocycles. The van der Waals surface area contributed by atoms with E-state index in [-0.39, 0.29) is 13.2 Å². The molecule has 0 saturated heterocycles. The van der Waals surface area contributed by atoms with Crippen molar-refractivity contribution in [2.45, 2.75) is 38.5 Å². The summed E-state index contributed by atoms with van der Waals surface area (Å²) in [5.74, 6) is 0. The molecule has 0 heterocycles. The van der Waals surface area contributed by atoms with Crippen LogP contribution in [0.2, 0.25) is 0 Å². The number of aliphatic hydroxyl groups is 1. The molecule has 0 radical (unpaired) electrons. The fraction of sp³-hybridized carbons (Fsp3) is 0.615. The van der Waals surface area contributed by atoms with E-state index in [1.807, 2.05) is 0 Å². The Morgan fingerprint density at radius 2 is 1.94 bits per heavy atom. The summed E-state index contributed by atoms with van der Waals surface area (Å²) in [4.78, 5) is 12.6. The number of nitrogens with zero attached hydrogens (tertiary/aromatic N) is 1. The predicted molar refractivity (Wildman–Crippen MR) is 70.6 cm³/mol. The molecule has 0 bridgehead atoms. The average Bonchev–Trinajstić information content (AvgIpc) is 2.26. The second kappa shape index (κ2) is 7.18. The van der Waals surface area contributed by atoms with Gasteiger partial charge in [0.2, 0.25) is 0 Å². The summed E-state index contributed by atoms with van der Waals surface area (Å²) in [7, 11) is 0. The van der Waals surface area contributed by atoms with Gasteiger partial charge in [0, 0.05) is 5.54 Å². The molecule has 2 N–H and O–H groups in total. The third-order valence-corrected chi connectivity index (χ3v) is 2.46. The zero-order chi connectivity index (χ0) is 14.3. The van der Waals surface area contributed by atoms with Gasteiger partial charge in [-0.1, -0.05) is 12.2 Å². The highest BCUT2D eigenvalue weighted by Gasteiger charge is 2.32. The Bertz CT molecular complexity index is 296. The molecule has 18 heavy (non-hydrogen) atoms. The minimum atomic E-state index is -1.03. The number of carbonyl (C=O) groups is 1. The van der Waals surface area contributed by atoms with Gasteiger partial charge in [-0.25, -0.2) is 4.79 Å².